The molecule has 0 bridgehead atoms. The minimum Gasteiger partial charge on any atom is -0.357 e. The second-order valence-electron chi connectivity index (χ2n) is 5.99. The Kier molecular flexibility index (Phi) is 3.05. The SMILES string of the molecule is CC1(C)CCCC(Nc2nn3c(=O)ccnc3s2)C1. The first-order chi connectivity index (χ1) is 9.03. The predicted octanol–water partition coefficient (Wildman–Crippen LogP) is 2.53. The highest BCUT2D eigenvalue weighted by molar-refractivity contribution is 7.20. The lowest BCUT2D eigenvalue weighted by Gasteiger charge is -2.35. The summed E-state index contributed by atoms with van der Waals surface area (Å²) in [4.78, 5) is 16.4. The van der Waals surface area contributed by atoms with E-state index in [-0.39, 0.29) is 5.56 Å². The Hall–Kier alpha value is -1.43. The van der Waals surface area contributed by atoms with E-state index in [1.165, 1.54) is 47.4 Å². The molecule has 2 heterocycles. The third kappa shape index (κ3) is 2.63. The van der Waals surface area contributed by atoms with Crippen LogP contribution in [0.5, 0.6) is 0 Å². The first-order valence-electron chi connectivity index (χ1n) is 6.65. The number of fused-ring (bicyclic) bond motifs is 1. The van der Waals surface area contributed by atoms with Crippen molar-refractivity contribution in [3.8, 4) is 0 Å². The molecule has 2 aromatic heterocycles. The zero-order valence-electron chi connectivity index (χ0n) is 11.2. The third-order valence-electron chi connectivity index (χ3n) is 3.70. The highest BCUT2D eigenvalue weighted by atomic mass is 32.1. The topological polar surface area (TPSA) is 59.3 Å². The summed E-state index contributed by atoms with van der Waals surface area (Å²) < 4.78 is 1.36. The molecule has 5 nitrogen and oxygen atoms in total. The van der Waals surface area contributed by atoms with E-state index in [4.69, 9.17) is 0 Å². The number of nitrogens with one attached hydrogen (secondary N) is 1. The minimum absolute atomic E-state index is 0.127. The van der Waals surface area contributed by atoms with Gasteiger partial charge < -0.3 is 5.32 Å². The molecule has 0 aliphatic heterocycles. The minimum atomic E-state index is -0.127. The van der Waals surface area contributed by atoms with Crippen molar-refractivity contribution in [3.63, 3.8) is 0 Å². The van der Waals surface area contributed by atoms with Crippen LogP contribution in [-0.2, 0) is 0 Å². The van der Waals surface area contributed by atoms with Crippen LogP contribution in [0.1, 0.15) is 39.5 Å². The zero-order valence-corrected chi connectivity index (χ0v) is 12.0. The first-order valence-corrected chi connectivity index (χ1v) is 7.47. The fourth-order valence-corrected chi connectivity index (χ4v) is 3.65. The van der Waals surface area contributed by atoms with Crippen LogP contribution >= 0.6 is 11.3 Å². The van der Waals surface area contributed by atoms with Crippen LogP contribution < -0.4 is 10.9 Å². The van der Waals surface area contributed by atoms with Gasteiger partial charge in [0.2, 0.25) is 10.1 Å². The molecule has 3 rings (SSSR count). The van der Waals surface area contributed by atoms with Crippen molar-refractivity contribution in [1.29, 1.82) is 0 Å². The molecular weight excluding hydrogens is 260 g/mol. The standard InChI is InChI=1S/C13H18N4OS/c1-13(2)6-3-4-9(8-13)15-11-16-17-10(18)5-7-14-12(17)19-11/h5,7,9H,3-4,6,8H2,1-2H3,(H,15,16). The summed E-state index contributed by atoms with van der Waals surface area (Å²) in [5, 5.41) is 8.55. The molecule has 1 saturated carbocycles. The molecule has 1 N–H and O–H groups in total. The summed E-state index contributed by atoms with van der Waals surface area (Å²) in [5.41, 5.74) is 0.264. The van der Waals surface area contributed by atoms with Gasteiger partial charge in [-0.2, -0.15) is 4.52 Å². The average Bonchev–Trinajstić information content (AvgIpc) is 2.71. The number of anilines is 1. The van der Waals surface area contributed by atoms with Gasteiger partial charge in [-0.15, -0.1) is 5.10 Å². The summed E-state index contributed by atoms with van der Waals surface area (Å²) in [5.74, 6) is 0. The molecule has 0 aromatic carbocycles. The third-order valence-corrected chi connectivity index (χ3v) is 4.56. The van der Waals surface area contributed by atoms with Gasteiger partial charge in [0.15, 0.2) is 0 Å². The summed E-state index contributed by atoms with van der Waals surface area (Å²) in [6, 6.07) is 1.88. The molecule has 0 saturated heterocycles. The number of aromatic nitrogens is 3. The zero-order chi connectivity index (χ0) is 13.5. The largest absolute Gasteiger partial charge is 0.357 e. The number of hydrogen-bond acceptors (Lipinski definition) is 5. The van der Waals surface area contributed by atoms with Crippen molar-refractivity contribution in [2.75, 3.05) is 5.32 Å². The Morgan fingerprint density at radius 2 is 2.37 bits per heavy atom. The molecule has 1 aliphatic carbocycles. The number of hydrogen-bond donors (Lipinski definition) is 1. The summed E-state index contributed by atoms with van der Waals surface area (Å²) in [6.45, 7) is 4.62. The van der Waals surface area contributed by atoms with Crippen LogP contribution in [0.4, 0.5) is 5.13 Å². The molecule has 1 aliphatic rings. The van der Waals surface area contributed by atoms with E-state index in [0.717, 1.165) is 11.6 Å². The molecule has 0 radical (unpaired) electrons. The van der Waals surface area contributed by atoms with E-state index in [2.05, 4.69) is 29.2 Å². The van der Waals surface area contributed by atoms with E-state index >= 15 is 0 Å². The van der Waals surface area contributed by atoms with Gasteiger partial charge in [-0.1, -0.05) is 31.6 Å². The van der Waals surface area contributed by atoms with E-state index in [0.29, 0.717) is 16.4 Å². The van der Waals surface area contributed by atoms with E-state index in [9.17, 15) is 4.79 Å². The van der Waals surface area contributed by atoms with Crippen molar-refractivity contribution in [3.05, 3.63) is 22.6 Å². The maximum atomic E-state index is 11.6. The van der Waals surface area contributed by atoms with E-state index < -0.39 is 0 Å². The van der Waals surface area contributed by atoms with Gasteiger partial charge in [0.05, 0.1) is 0 Å². The van der Waals surface area contributed by atoms with Crippen molar-refractivity contribution < 1.29 is 0 Å². The Morgan fingerprint density at radius 1 is 1.53 bits per heavy atom. The molecule has 0 spiro atoms. The second kappa shape index (κ2) is 4.59. The Morgan fingerprint density at radius 3 is 3.11 bits per heavy atom. The Labute approximate surface area is 115 Å². The number of rotatable bonds is 2. The Balaban J connectivity index is 1.82. The lowest BCUT2D eigenvalue weighted by Crippen LogP contribution is -2.31. The van der Waals surface area contributed by atoms with Crippen LogP contribution in [0.15, 0.2) is 17.1 Å². The van der Waals surface area contributed by atoms with E-state index in [1.54, 1.807) is 0 Å². The second-order valence-corrected chi connectivity index (χ2v) is 6.94. The van der Waals surface area contributed by atoms with Gasteiger partial charge >= 0.3 is 0 Å². The van der Waals surface area contributed by atoms with Gasteiger partial charge in [-0.05, 0) is 24.7 Å². The molecule has 1 unspecified atom stereocenters. The quantitative estimate of drug-likeness (QED) is 0.917. The molecule has 6 heteroatoms. The molecule has 102 valence electrons. The first kappa shape index (κ1) is 12.6. The van der Waals surface area contributed by atoms with Crippen LogP contribution in [0.3, 0.4) is 0 Å². The van der Waals surface area contributed by atoms with E-state index in [1.807, 2.05) is 0 Å². The van der Waals surface area contributed by atoms with Crippen LogP contribution in [0.25, 0.3) is 4.96 Å². The summed E-state index contributed by atoms with van der Waals surface area (Å²) >= 11 is 1.43. The van der Waals surface area contributed by atoms with Crippen molar-refractivity contribution in [2.45, 2.75) is 45.6 Å². The smallest absolute Gasteiger partial charge is 0.275 e. The Bertz CT molecular complexity index is 645. The van der Waals surface area contributed by atoms with Gasteiger partial charge in [-0.25, -0.2) is 4.98 Å². The van der Waals surface area contributed by atoms with Crippen molar-refractivity contribution >= 4 is 21.4 Å². The van der Waals surface area contributed by atoms with Crippen LogP contribution in [0, 0.1) is 5.41 Å². The highest BCUT2D eigenvalue weighted by Gasteiger charge is 2.28. The van der Waals surface area contributed by atoms with Crippen LogP contribution in [0.2, 0.25) is 0 Å². The maximum Gasteiger partial charge on any atom is 0.275 e. The molecule has 19 heavy (non-hydrogen) atoms. The molecular formula is C13H18N4OS. The maximum absolute atomic E-state index is 11.6. The van der Waals surface area contributed by atoms with Gasteiger partial charge in [0.25, 0.3) is 5.56 Å². The fraction of sp³-hybridized carbons (Fsp3) is 0.615. The lowest BCUT2D eigenvalue weighted by atomic mass is 9.75. The van der Waals surface area contributed by atoms with Gasteiger partial charge in [-0.3, -0.25) is 4.79 Å². The van der Waals surface area contributed by atoms with Crippen LogP contribution in [-0.4, -0.2) is 20.6 Å². The molecule has 0 amide bonds. The van der Waals surface area contributed by atoms with Crippen molar-refractivity contribution in [2.24, 2.45) is 5.41 Å². The fourth-order valence-electron chi connectivity index (χ4n) is 2.80. The predicted molar refractivity (Wildman–Crippen MR) is 76.8 cm³/mol. The van der Waals surface area contributed by atoms with Gasteiger partial charge in [0.1, 0.15) is 0 Å². The summed E-state index contributed by atoms with van der Waals surface area (Å²) in [6.07, 6.45) is 6.37. The van der Waals surface area contributed by atoms with Crippen molar-refractivity contribution in [1.82, 2.24) is 14.6 Å². The van der Waals surface area contributed by atoms with Gasteiger partial charge in [0, 0.05) is 18.3 Å². The number of nitrogens with zero attached hydrogens (tertiary/aromatic N) is 3. The summed E-state index contributed by atoms with van der Waals surface area (Å²) in [7, 11) is 0. The normalized spacial score (nSPS) is 22.5. The highest BCUT2D eigenvalue weighted by Crippen LogP contribution is 2.36. The molecule has 2 aromatic rings. The molecule has 1 fully saturated rings. The molecule has 1 atom stereocenters. The monoisotopic (exact) mass is 278 g/mol. The lowest BCUT2D eigenvalue weighted by molar-refractivity contribution is 0.229. The average molecular weight is 278 g/mol.